The van der Waals surface area contributed by atoms with E-state index in [1.54, 1.807) is 26.0 Å². The van der Waals surface area contributed by atoms with Crippen LogP contribution >= 0.6 is 11.8 Å². The van der Waals surface area contributed by atoms with Gasteiger partial charge in [0.2, 0.25) is 5.91 Å². The third kappa shape index (κ3) is 4.33. The minimum absolute atomic E-state index is 0.0329. The minimum Gasteiger partial charge on any atom is -0.497 e. The van der Waals surface area contributed by atoms with E-state index in [4.69, 9.17) is 14.5 Å². The molecule has 2 aromatic rings. The van der Waals surface area contributed by atoms with Gasteiger partial charge < -0.3 is 9.47 Å². The van der Waals surface area contributed by atoms with Crippen LogP contribution in [0.3, 0.4) is 0 Å². The molecule has 0 aromatic heterocycles. The van der Waals surface area contributed by atoms with Crippen molar-refractivity contribution in [2.45, 2.75) is 32.7 Å². The summed E-state index contributed by atoms with van der Waals surface area (Å²) in [4.78, 5) is 19.8. The van der Waals surface area contributed by atoms with Crippen LogP contribution in [-0.4, -0.2) is 41.5 Å². The van der Waals surface area contributed by atoms with E-state index >= 15 is 0 Å². The zero-order chi connectivity index (χ0) is 20.3. The number of hydrogen-bond acceptors (Lipinski definition) is 5. The summed E-state index contributed by atoms with van der Waals surface area (Å²) in [5.74, 6) is 2.31. The second-order valence-corrected chi connectivity index (χ2v) is 8.37. The molecule has 5 nitrogen and oxygen atoms in total. The van der Waals surface area contributed by atoms with E-state index in [1.165, 1.54) is 0 Å². The first-order valence-electron chi connectivity index (χ1n) is 9.16. The van der Waals surface area contributed by atoms with Crippen LogP contribution in [0.5, 0.6) is 11.5 Å². The molecule has 1 amide bonds. The highest BCUT2D eigenvalue weighted by Gasteiger charge is 2.41. The molecular formula is C22H26N2O3S. The molecule has 148 valence electrons. The lowest BCUT2D eigenvalue weighted by atomic mass is 10.0. The van der Waals surface area contributed by atoms with Crippen molar-refractivity contribution < 1.29 is 14.3 Å². The minimum atomic E-state index is -0.301. The average Bonchev–Trinajstić information content (AvgIpc) is 2.96. The summed E-state index contributed by atoms with van der Waals surface area (Å²) in [5, 5.41) is 0.715. The first-order chi connectivity index (χ1) is 13.3. The van der Waals surface area contributed by atoms with Crippen molar-refractivity contribution in [3.63, 3.8) is 0 Å². The number of rotatable bonds is 5. The number of amides is 1. The van der Waals surface area contributed by atoms with Crippen molar-refractivity contribution in [2.24, 2.45) is 4.99 Å². The molecule has 0 spiro atoms. The molecule has 0 N–H and O–H groups in total. The van der Waals surface area contributed by atoms with Crippen molar-refractivity contribution in [3.05, 3.63) is 53.6 Å². The molecule has 6 heteroatoms. The number of thioether (sulfide) groups is 1. The molecule has 1 aliphatic heterocycles. The van der Waals surface area contributed by atoms with Crippen molar-refractivity contribution in [1.82, 2.24) is 4.90 Å². The molecule has 1 aliphatic rings. The lowest BCUT2D eigenvalue weighted by Crippen LogP contribution is -2.47. The van der Waals surface area contributed by atoms with Gasteiger partial charge in [-0.15, -0.1) is 0 Å². The Balaban J connectivity index is 1.89. The van der Waals surface area contributed by atoms with Crippen LogP contribution in [0.4, 0.5) is 5.69 Å². The largest absolute Gasteiger partial charge is 0.497 e. The first-order valence-corrected chi connectivity index (χ1v) is 10.1. The van der Waals surface area contributed by atoms with Gasteiger partial charge in [0.1, 0.15) is 17.2 Å². The van der Waals surface area contributed by atoms with Gasteiger partial charge >= 0.3 is 0 Å². The molecule has 3 rings (SSSR count). The molecule has 0 aliphatic carbocycles. The van der Waals surface area contributed by atoms with Crippen LogP contribution in [-0.2, 0) is 11.2 Å². The maximum atomic E-state index is 13.2. The molecule has 0 saturated carbocycles. The summed E-state index contributed by atoms with van der Waals surface area (Å²) < 4.78 is 10.6. The van der Waals surface area contributed by atoms with Crippen LogP contribution in [0.15, 0.2) is 47.5 Å². The number of benzene rings is 2. The van der Waals surface area contributed by atoms with Gasteiger partial charge in [-0.3, -0.25) is 9.69 Å². The van der Waals surface area contributed by atoms with E-state index in [-0.39, 0.29) is 11.4 Å². The van der Waals surface area contributed by atoms with Gasteiger partial charge in [0.25, 0.3) is 0 Å². The van der Waals surface area contributed by atoms with E-state index in [1.807, 2.05) is 54.3 Å². The van der Waals surface area contributed by atoms with E-state index in [9.17, 15) is 4.79 Å². The van der Waals surface area contributed by atoms with Crippen molar-refractivity contribution >= 4 is 28.5 Å². The second-order valence-electron chi connectivity index (χ2n) is 7.42. The molecule has 0 unspecified atom stereocenters. The zero-order valence-corrected chi connectivity index (χ0v) is 17.8. The molecule has 0 radical (unpaired) electrons. The summed E-state index contributed by atoms with van der Waals surface area (Å²) in [6, 6.07) is 13.5. The third-order valence-corrected chi connectivity index (χ3v) is 6.05. The molecule has 0 bridgehead atoms. The molecular weight excluding hydrogens is 372 g/mol. The maximum Gasteiger partial charge on any atom is 0.233 e. The van der Waals surface area contributed by atoms with Gasteiger partial charge in [-0.2, -0.15) is 0 Å². The highest BCUT2D eigenvalue weighted by molar-refractivity contribution is 8.14. The summed E-state index contributed by atoms with van der Waals surface area (Å²) >= 11 is 1.60. The van der Waals surface area contributed by atoms with Crippen LogP contribution in [0.25, 0.3) is 0 Å². The van der Waals surface area contributed by atoms with Gasteiger partial charge in [0.15, 0.2) is 5.17 Å². The van der Waals surface area contributed by atoms with Gasteiger partial charge in [-0.1, -0.05) is 30.0 Å². The van der Waals surface area contributed by atoms with Gasteiger partial charge in [0, 0.05) is 5.75 Å². The van der Waals surface area contributed by atoms with Crippen LogP contribution in [0, 0.1) is 6.92 Å². The first kappa shape index (κ1) is 20.3. The molecule has 1 fully saturated rings. The number of methoxy groups -OCH3 is 2. The van der Waals surface area contributed by atoms with Gasteiger partial charge in [0.05, 0.1) is 26.2 Å². The monoisotopic (exact) mass is 398 g/mol. The lowest BCUT2D eigenvalue weighted by molar-refractivity contribution is -0.129. The number of hydrogen-bond donors (Lipinski definition) is 0. The number of aryl methyl sites for hydroxylation is 1. The second kappa shape index (κ2) is 8.27. The van der Waals surface area contributed by atoms with Crippen molar-refractivity contribution in [3.8, 4) is 11.5 Å². The summed E-state index contributed by atoms with van der Waals surface area (Å²) in [7, 11) is 3.26. The topological polar surface area (TPSA) is 51.1 Å². The Morgan fingerprint density at radius 3 is 2.50 bits per heavy atom. The van der Waals surface area contributed by atoms with E-state index in [0.717, 1.165) is 28.3 Å². The van der Waals surface area contributed by atoms with E-state index in [0.29, 0.717) is 17.3 Å². The predicted molar refractivity (Wildman–Crippen MR) is 115 cm³/mol. The Morgan fingerprint density at radius 2 is 1.86 bits per heavy atom. The Labute approximate surface area is 170 Å². The predicted octanol–water partition coefficient (Wildman–Crippen LogP) is 4.60. The number of carbonyl (C=O) groups excluding carboxylic acids is 1. The number of aliphatic imine (C=N–C) groups is 1. The fourth-order valence-corrected chi connectivity index (χ4v) is 4.40. The van der Waals surface area contributed by atoms with Crippen molar-refractivity contribution in [2.75, 3.05) is 20.0 Å². The third-order valence-electron chi connectivity index (χ3n) is 4.67. The molecule has 2 aromatic carbocycles. The highest BCUT2D eigenvalue weighted by Crippen LogP contribution is 2.37. The Morgan fingerprint density at radius 1 is 1.14 bits per heavy atom. The van der Waals surface area contributed by atoms with Crippen LogP contribution < -0.4 is 9.47 Å². The van der Waals surface area contributed by atoms with Crippen LogP contribution in [0.1, 0.15) is 25.0 Å². The smallest absolute Gasteiger partial charge is 0.233 e. The normalized spacial score (nSPS) is 17.0. The van der Waals surface area contributed by atoms with E-state index < -0.39 is 0 Å². The van der Waals surface area contributed by atoms with E-state index in [2.05, 4.69) is 13.8 Å². The number of carbonyl (C=O) groups is 1. The van der Waals surface area contributed by atoms with Gasteiger partial charge in [-0.05, 0) is 56.2 Å². The number of ether oxygens (including phenoxy) is 2. The van der Waals surface area contributed by atoms with Crippen LogP contribution in [0.2, 0.25) is 0 Å². The summed E-state index contributed by atoms with van der Waals surface area (Å²) in [5.41, 5.74) is 2.49. The quantitative estimate of drug-likeness (QED) is 0.739. The molecule has 28 heavy (non-hydrogen) atoms. The Hall–Kier alpha value is -2.47. The van der Waals surface area contributed by atoms with Crippen molar-refractivity contribution in [1.29, 1.82) is 0 Å². The lowest BCUT2D eigenvalue weighted by Gasteiger charge is -2.30. The highest BCUT2D eigenvalue weighted by atomic mass is 32.2. The van der Waals surface area contributed by atoms with Gasteiger partial charge in [-0.25, -0.2) is 4.99 Å². The SMILES string of the molecule is COc1ccc(CC(=O)N2C(=Nc3cc(C)ccc3OC)SCC2(C)C)cc1. The standard InChI is InChI=1S/C22H26N2O3S/c1-15-6-11-19(27-5)18(12-15)23-21-24(22(2,3)14-28-21)20(25)13-16-7-9-17(26-4)10-8-16/h6-12H,13-14H2,1-5H3. The fourth-order valence-electron chi connectivity index (χ4n) is 3.14. The number of nitrogens with zero attached hydrogens (tertiary/aromatic N) is 2. The Kier molecular flexibility index (Phi) is 5.98. The summed E-state index contributed by atoms with van der Waals surface area (Å²) in [6.07, 6.45) is 0.317. The average molecular weight is 399 g/mol. The Bertz CT molecular complexity index is 891. The molecule has 0 atom stereocenters. The summed E-state index contributed by atoms with van der Waals surface area (Å²) in [6.45, 7) is 6.16. The molecule has 1 saturated heterocycles. The number of amidine groups is 1. The fraction of sp³-hybridized carbons (Fsp3) is 0.364. The maximum absolute atomic E-state index is 13.2. The zero-order valence-electron chi connectivity index (χ0n) is 17.0. The molecule has 1 heterocycles.